The normalized spacial score (nSPS) is 11.6. The first-order valence-corrected chi connectivity index (χ1v) is 10.5. The van der Waals surface area contributed by atoms with Gasteiger partial charge in [0.15, 0.2) is 0 Å². The van der Waals surface area contributed by atoms with E-state index < -0.39 is 16.1 Å². The minimum Gasteiger partial charge on any atom is -0.338 e. The van der Waals surface area contributed by atoms with Gasteiger partial charge >= 0.3 is 6.03 Å². The number of carbonyl (C=O) groups excluding carboxylic acids is 1. The summed E-state index contributed by atoms with van der Waals surface area (Å²) in [5.41, 5.74) is 0.245. The molecule has 0 saturated carbocycles. The molecule has 1 aromatic carbocycles. The highest BCUT2D eigenvalue weighted by Gasteiger charge is 2.22. The Morgan fingerprint density at radius 3 is 2.67 bits per heavy atom. The Labute approximate surface area is 164 Å². The Balaban J connectivity index is 1.98. The number of urea groups is 1. The van der Waals surface area contributed by atoms with Crippen LogP contribution in [0.2, 0.25) is 5.02 Å². The summed E-state index contributed by atoms with van der Waals surface area (Å²) in [6.07, 6.45) is 4.25. The van der Waals surface area contributed by atoms with E-state index in [9.17, 15) is 13.2 Å². The van der Waals surface area contributed by atoms with Crippen LogP contribution in [-0.4, -0.2) is 48.2 Å². The molecule has 148 valence electrons. The van der Waals surface area contributed by atoms with Crippen molar-refractivity contribution >= 4 is 33.3 Å². The molecule has 27 heavy (non-hydrogen) atoms. The van der Waals surface area contributed by atoms with E-state index in [-0.39, 0.29) is 15.6 Å². The molecule has 0 spiro atoms. The molecule has 0 radical (unpaired) electrons. The Morgan fingerprint density at radius 1 is 1.30 bits per heavy atom. The maximum absolute atomic E-state index is 12.6. The number of amides is 2. The van der Waals surface area contributed by atoms with E-state index in [0.717, 1.165) is 0 Å². The summed E-state index contributed by atoms with van der Waals surface area (Å²) in [5.74, 6) is 0. The average molecular weight is 414 g/mol. The summed E-state index contributed by atoms with van der Waals surface area (Å²) in [6, 6.07) is 5.66. The van der Waals surface area contributed by atoms with Crippen LogP contribution < -0.4 is 10.6 Å². The number of nitrogens with one attached hydrogen (secondary N) is 2. The van der Waals surface area contributed by atoms with Crippen molar-refractivity contribution < 1.29 is 13.2 Å². The summed E-state index contributed by atoms with van der Waals surface area (Å²) in [7, 11) is -3.63. The van der Waals surface area contributed by atoms with Gasteiger partial charge < -0.3 is 10.6 Å². The Morgan fingerprint density at radius 2 is 2.04 bits per heavy atom. The number of halogens is 1. The lowest BCUT2D eigenvalue weighted by Gasteiger charge is -2.19. The topological polar surface area (TPSA) is 96.3 Å². The molecule has 8 nitrogen and oxygen atoms in total. The molecule has 2 amide bonds. The molecule has 0 saturated heterocycles. The quantitative estimate of drug-likeness (QED) is 0.618. The fourth-order valence-electron chi connectivity index (χ4n) is 2.52. The van der Waals surface area contributed by atoms with Gasteiger partial charge in [0.2, 0.25) is 10.0 Å². The molecule has 0 atom stereocenters. The molecule has 2 aromatic rings. The van der Waals surface area contributed by atoms with Crippen molar-refractivity contribution in [3.8, 4) is 0 Å². The molecule has 0 aliphatic rings. The molecule has 1 heterocycles. The first kappa shape index (κ1) is 21.2. The van der Waals surface area contributed by atoms with Gasteiger partial charge in [0, 0.05) is 38.6 Å². The summed E-state index contributed by atoms with van der Waals surface area (Å²) in [6.45, 7) is 5.40. The second-order valence-corrected chi connectivity index (χ2v) is 8.08. The lowest BCUT2D eigenvalue weighted by atomic mass is 10.3. The van der Waals surface area contributed by atoms with Gasteiger partial charge in [0.25, 0.3) is 0 Å². The van der Waals surface area contributed by atoms with Crippen molar-refractivity contribution in [1.82, 2.24) is 19.4 Å². The van der Waals surface area contributed by atoms with Gasteiger partial charge in [0.05, 0.1) is 15.6 Å². The second-order valence-electron chi connectivity index (χ2n) is 5.73. The van der Waals surface area contributed by atoms with Crippen LogP contribution in [0.25, 0.3) is 0 Å². The number of aryl methyl sites for hydroxylation is 1. The van der Waals surface area contributed by atoms with Crippen LogP contribution >= 0.6 is 11.6 Å². The molecule has 0 bridgehead atoms. The maximum Gasteiger partial charge on any atom is 0.319 e. The van der Waals surface area contributed by atoms with Gasteiger partial charge in [-0.1, -0.05) is 25.4 Å². The van der Waals surface area contributed by atoms with Gasteiger partial charge in [-0.2, -0.15) is 9.40 Å². The molecule has 1 aromatic heterocycles. The summed E-state index contributed by atoms with van der Waals surface area (Å²) in [5, 5.41) is 9.67. The van der Waals surface area contributed by atoms with E-state index in [1.54, 1.807) is 24.7 Å². The van der Waals surface area contributed by atoms with Gasteiger partial charge in [-0.25, -0.2) is 13.2 Å². The number of sulfonamides is 1. The van der Waals surface area contributed by atoms with E-state index >= 15 is 0 Å². The molecule has 0 unspecified atom stereocenters. The molecular weight excluding hydrogens is 390 g/mol. The predicted octanol–water partition coefficient (Wildman–Crippen LogP) is 2.78. The Bertz CT molecular complexity index is 851. The SMILES string of the molecule is CCN(CC)S(=O)(=O)c1ccc(Cl)c(NC(=O)NCCCn2cccn2)c1. The van der Waals surface area contributed by atoms with Crippen LogP contribution in [0.1, 0.15) is 20.3 Å². The van der Waals surface area contributed by atoms with Crippen molar-refractivity contribution in [3.05, 3.63) is 41.7 Å². The monoisotopic (exact) mass is 413 g/mol. The standard InChI is InChI=1S/C17H24ClN5O3S/c1-3-23(4-2)27(25,26)14-7-8-15(18)16(13-14)21-17(24)19-9-5-11-22-12-6-10-20-22/h6-8,10,12-13H,3-5,9,11H2,1-2H3,(H2,19,21,24). The first-order chi connectivity index (χ1) is 12.9. The minimum absolute atomic E-state index is 0.0876. The van der Waals surface area contributed by atoms with Crippen molar-refractivity contribution in [2.24, 2.45) is 0 Å². The lowest BCUT2D eigenvalue weighted by molar-refractivity contribution is 0.251. The number of anilines is 1. The third kappa shape index (κ3) is 5.69. The summed E-state index contributed by atoms with van der Waals surface area (Å²) >= 11 is 6.10. The van der Waals surface area contributed by atoms with E-state index in [1.807, 2.05) is 12.3 Å². The number of benzene rings is 1. The van der Waals surface area contributed by atoms with E-state index in [0.29, 0.717) is 32.6 Å². The minimum atomic E-state index is -3.63. The van der Waals surface area contributed by atoms with Crippen molar-refractivity contribution in [2.75, 3.05) is 25.0 Å². The fraction of sp³-hybridized carbons (Fsp3) is 0.412. The van der Waals surface area contributed by atoms with Crippen molar-refractivity contribution in [1.29, 1.82) is 0 Å². The zero-order valence-electron chi connectivity index (χ0n) is 15.4. The van der Waals surface area contributed by atoms with Gasteiger partial charge in [-0.15, -0.1) is 0 Å². The van der Waals surface area contributed by atoms with E-state index in [4.69, 9.17) is 11.6 Å². The molecule has 0 aliphatic carbocycles. The molecule has 10 heteroatoms. The predicted molar refractivity (Wildman–Crippen MR) is 105 cm³/mol. The van der Waals surface area contributed by atoms with Crippen LogP contribution in [0, 0.1) is 0 Å². The largest absolute Gasteiger partial charge is 0.338 e. The van der Waals surface area contributed by atoms with Gasteiger partial charge in [-0.05, 0) is 30.7 Å². The average Bonchev–Trinajstić information content (AvgIpc) is 3.15. The molecule has 0 aliphatic heterocycles. The zero-order valence-corrected chi connectivity index (χ0v) is 16.9. The summed E-state index contributed by atoms with van der Waals surface area (Å²) < 4.78 is 28.3. The molecule has 2 rings (SSSR count). The third-order valence-corrected chi connectivity index (χ3v) is 6.31. The van der Waals surface area contributed by atoms with Crippen LogP contribution in [0.5, 0.6) is 0 Å². The lowest BCUT2D eigenvalue weighted by Crippen LogP contribution is -2.31. The van der Waals surface area contributed by atoms with Crippen LogP contribution in [0.4, 0.5) is 10.5 Å². The van der Waals surface area contributed by atoms with Gasteiger partial charge in [0.1, 0.15) is 0 Å². The van der Waals surface area contributed by atoms with Crippen LogP contribution in [-0.2, 0) is 16.6 Å². The number of carbonyl (C=O) groups is 1. The second kappa shape index (κ2) is 9.72. The first-order valence-electron chi connectivity index (χ1n) is 8.70. The number of nitrogens with zero attached hydrogens (tertiary/aromatic N) is 3. The smallest absolute Gasteiger partial charge is 0.319 e. The Hall–Kier alpha value is -2.10. The highest BCUT2D eigenvalue weighted by atomic mass is 35.5. The zero-order chi connectivity index (χ0) is 19.9. The van der Waals surface area contributed by atoms with Crippen LogP contribution in [0.3, 0.4) is 0 Å². The number of aromatic nitrogens is 2. The highest BCUT2D eigenvalue weighted by molar-refractivity contribution is 7.89. The molecule has 0 fully saturated rings. The number of rotatable bonds is 9. The van der Waals surface area contributed by atoms with E-state index in [2.05, 4.69) is 15.7 Å². The van der Waals surface area contributed by atoms with Crippen molar-refractivity contribution in [3.63, 3.8) is 0 Å². The number of hydrogen-bond donors (Lipinski definition) is 2. The summed E-state index contributed by atoms with van der Waals surface area (Å²) in [4.78, 5) is 12.2. The maximum atomic E-state index is 12.6. The Kier molecular flexibility index (Phi) is 7.64. The van der Waals surface area contributed by atoms with E-state index in [1.165, 1.54) is 22.5 Å². The van der Waals surface area contributed by atoms with Crippen molar-refractivity contribution in [2.45, 2.75) is 31.7 Å². The third-order valence-electron chi connectivity index (χ3n) is 3.94. The molecular formula is C17H24ClN5O3S. The van der Waals surface area contributed by atoms with Crippen LogP contribution in [0.15, 0.2) is 41.6 Å². The highest BCUT2D eigenvalue weighted by Crippen LogP contribution is 2.26. The number of hydrogen-bond acceptors (Lipinski definition) is 4. The van der Waals surface area contributed by atoms with Gasteiger partial charge in [-0.3, -0.25) is 4.68 Å². The molecule has 2 N–H and O–H groups in total. The fourth-order valence-corrected chi connectivity index (χ4v) is 4.16.